The minimum absolute atomic E-state index is 0.0536. The molecule has 0 aromatic heterocycles. The smallest absolute Gasteiger partial charge is 0.227 e. The molecule has 1 aromatic carbocycles. The number of benzene rings is 1. The van der Waals surface area contributed by atoms with E-state index in [1.165, 1.54) is 0 Å². The van der Waals surface area contributed by atoms with Gasteiger partial charge in [0.25, 0.3) is 0 Å². The minimum atomic E-state index is -0.503. The molecule has 0 aliphatic carbocycles. The summed E-state index contributed by atoms with van der Waals surface area (Å²) in [6, 6.07) is 9.59. The predicted octanol–water partition coefficient (Wildman–Crippen LogP) is 1.29. The lowest BCUT2D eigenvalue weighted by Crippen LogP contribution is -2.33. The van der Waals surface area contributed by atoms with E-state index in [4.69, 9.17) is 5.11 Å². The van der Waals surface area contributed by atoms with E-state index < -0.39 is 6.10 Å². The Kier molecular flexibility index (Phi) is 4.31. The molecule has 1 aromatic rings. The molecule has 2 atom stereocenters. The highest BCUT2D eigenvalue weighted by Crippen LogP contribution is 2.13. The quantitative estimate of drug-likeness (QED) is 0.781. The summed E-state index contributed by atoms with van der Waals surface area (Å²) in [7, 11) is 0. The fourth-order valence-electron chi connectivity index (χ4n) is 1.29. The van der Waals surface area contributed by atoms with E-state index in [0.29, 0.717) is 6.54 Å². The Hall–Kier alpha value is -1.35. The Morgan fingerprint density at radius 2 is 1.93 bits per heavy atom. The van der Waals surface area contributed by atoms with Crippen molar-refractivity contribution in [3.8, 4) is 0 Å². The number of carbonyl (C=O) groups excluding carboxylic acids is 1. The average Bonchev–Trinajstić information content (AvgIpc) is 2.26. The second-order valence-electron chi connectivity index (χ2n) is 3.73. The van der Waals surface area contributed by atoms with Crippen molar-refractivity contribution >= 4 is 5.91 Å². The van der Waals surface area contributed by atoms with E-state index in [2.05, 4.69) is 5.32 Å². The Balaban J connectivity index is 2.54. The van der Waals surface area contributed by atoms with Gasteiger partial charge in [-0.05, 0) is 19.4 Å². The van der Waals surface area contributed by atoms with E-state index in [9.17, 15) is 4.79 Å². The van der Waals surface area contributed by atoms with Gasteiger partial charge in [0.05, 0.1) is 12.0 Å². The predicted molar refractivity (Wildman–Crippen MR) is 59.5 cm³/mol. The van der Waals surface area contributed by atoms with Gasteiger partial charge in [0.15, 0.2) is 0 Å². The molecule has 82 valence electrons. The molecular formula is C12H17NO2. The van der Waals surface area contributed by atoms with Crippen molar-refractivity contribution in [3.63, 3.8) is 0 Å². The zero-order valence-electron chi connectivity index (χ0n) is 9.10. The first-order chi connectivity index (χ1) is 7.11. The number of rotatable bonds is 4. The van der Waals surface area contributed by atoms with Crippen molar-refractivity contribution in [1.82, 2.24) is 5.32 Å². The van der Waals surface area contributed by atoms with Crippen molar-refractivity contribution in [2.45, 2.75) is 25.9 Å². The summed E-state index contributed by atoms with van der Waals surface area (Å²) in [6.45, 7) is 3.80. The molecule has 0 radical (unpaired) electrons. The van der Waals surface area contributed by atoms with Crippen molar-refractivity contribution in [2.24, 2.45) is 0 Å². The van der Waals surface area contributed by atoms with Crippen molar-refractivity contribution in [3.05, 3.63) is 35.9 Å². The molecule has 1 rings (SSSR count). The topological polar surface area (TPSA) is 49.3 Å². The number of hydrogen-bond donors (Lipinski definition) is 2. The lowest BCUT2D eigenvalue weighted by atomic mass is 10.0. The second-order valence-corrected chi connectivity index (χ2v) is 3.73. The van der Waals surface area contributed by atoms with Crippen LogP contribution in [-0.4, -0.2) is 23.7 Å². The van der Waals surface area contributed by atoms with Crippen LogP contribution in [0, 0.1) is 0 Å². The number of aliphatic hydroxyl groups excluding tert-OH is 1. The van der Waals surface area contributed by atoms with Crippen LogP contribution in [-0.2, 0) is 4.79 Å². The lowest BCUT2D eigenvalue weighted by Gasteiger charge is -2.13. The van der Waals surface area contributed by atoms with Crippen LogP contribution in [0.4, 0.5) is 0 Å². The zero-order valence-corrected chi connectivity index (χ0v) is 9.10. The standard InChI is InChI=1S/C12H17NO2/c1-9(14)8-13-12(15)10(2)11-6-4-3-5-7-11/h3-7,9-10,14H,8H2,1-2H3,(H,13,15). The first kappa shape index (κ1) is 11.7. The van der Waals surface area contributed by atoms with E-state index in [1.54, 1.807) is 6.92 Å². The molecule has 2 N–H and O–H groups in total. The van der Waals surface area contributed by atoms with Gasteiger partial charge < -0.3 is 10.4 Å². The normalized spacial score (nSPS) is 14.3. The van der Waals surface area contributed by atoms with E-state index in [-0.39, 0.29) is 11.8 Å². The highest BCUT2D eigenvalue weighted by Gasteiger charge is 2.14. The van der Waals surface area contributed by atoms with Crippen LogP contribution < -0.4 is 5.32 Å². The summed E-state index contributed by atoms with van der Waals surface area (Å²) < 4.78 is 0. The first-order valence-electron chi connectivity index (χ1n) is 5.12. The van der Waals surface area contributed by atoms with Crippen molar-refractivity contribution < 1.29 is 9.90 Å². The molecule has 0 heterocycles. The fourth-order valence-corrected chi connectivity index (χ4v) is 1.29. The largest absolute Gasteiger partial charge is 0.392 e. The molecular weight excluding hydrogens is 190 g/mol. The number of amides is 1. The second kappa shape index (κ2) is 5.51. The van der Waals surface area contributed by atoms with Gasteiger partial charge in [-0.25, -0.2) is 0 Å². The van der Waals surface area contributed by atoms with Crippen LogP contribution in [0.5, 0.6) is 0 Å². The summed E-state index contributed by atoms with van der Waals surface area (Å²) in [4.78, 5) is 11.6. The summed E-state index contributed by atoms with van der Waals surface area (Å²) in [5.41, 5.74) is 0.987. The first-order valence-corrected chi connectivity index (χ1v) is 5.12. The zero-order chi connectivity index (χ0) is 11.3. The van der Waals surface area contributed by atoms with Crippen molar-refractivity contribution in [1.29, 1.82) is 0 Å². The third-order valence-electron chi connectivity index (χ3n) is 2.26. The van der Waals surface area contributed by atoms with Crippen LogP contribution in [0.25, 0.3) is 0 Å². The maximum absolute atomic E-state index is 11.6. The molecule has 0 aliphatic rings. The van der Waals surface area contributed by atoms with Gasteiger partial charge in [-0.15, -0.1) is 0 Å². The molecule has 3 nitrogen and oxygen atoms in total. The van der Waals surface area contributed by atoms with Crippen molar-refractivity contribution in [2.75, 3.05) is 6.54 Å². The summed E-state index contributed by atoms with van der Waals surface area (Å²) in [5, 5.41) is 11.7. The molecule has 2 unspecified atom stereocenters. The Morgan fingerprint density at radius 1 is 1.33 bits per heavy atom. The van der Waals surface area contributed by atoms with E-state index in [1.807, 2.05) is 37.3 Å². The van der Waals surface area contributed by atoms with Gasteiger partial charge >= 0.3 is 0 Å². The van der Waals surface area contributed by atoms with Crippen LogP contribution in [0.2, 0.25) is 0 Å². The minimum Gasteiger partial charge on any atom is -0.392 e. The van der Waals surface area contributed by atoms with Gasteiger partial charge in [-0.3, -0.25) is 4.79 Å². The lowest BCUT2D eigenvalue weighted by molar-refractivity contribution is -0.122. The van der Waals surface area contributed by atoms with Gasteiger partial charge in [0.2, 0.25) is 5.91 Å². The van der Waals surface area contributed by atoms with E-state index >= 15 is 0 Å². The van der Waals surface area contributed by atoms with Gasteiger partial charge in [-0.2, -0.15) is 0 Å². The number of hydrogen-bond acceptors (Lipinski definition) is 2. The maximum Gasteiger partial charge on any atom is 0.227 e. The highest BCUT2D eigenvalue weighted by atomic mass is 16.3. The molecule has 0 saturated carbocycles. The summed E-state index contributed by atoms with van der Waals surface area (Å²) in [6.07, 6.45) is -0.503. The Labute approximate surface area is 90.1 Å². The van der Waals surface area contributed by atoms with Gasteiger partial charge in [0.1, 0.15) is 0 Å². The number of nitrogens with one attached hydrogen (secondary N) is 1. The third-order valence-corrected chi connectivity index (χ3v) is 2.26. The maximum atomic E-state index is 11.6. The fraction of sp³-hybridized carbons (Fsp3) is 0.417. The molecule has 0 saturated heterocycles. The van der Waals surface area contributed by atoms with Gasteiger partial charge in [-0.1, -0.05) is 30.3 Å². The molecule has 0 bridgehead atoms. The number of aliphatic hydroxyl groups is 1. The Bertz CT molecular complexity index is 309. The average molecular weight is 207 g/mol. The molecule has 0 aliphatic heterocycles. The molecule has 15 heavy (non-hydrogen) atoms. The SMILES string of the molecule is CC(O)CNC(=O)C(C)c1ccccc1. The van der Waals surface area contributed by atoms with Gasteiger partial charge in [0, 0.05) is 6.54 Å². The Morgan fingerprint density at radius 3 is 2.47 bits per heavy atom. The third kappa shape index (κ3) is 3.72. The molecule has 0 spiro atoms. The number of carbonyl (C=O) groups is 1. The molecule has 0 fully saturated rings. The van der Waals surface area contributed by atoms with Crippen LogP contribution in [0.1, 0.15) is 25.3 Å². The van der Waals surface area contributed by atoms with Crippen LogP contribution >= 0.6 is 0 Å². The molecule has 3 heteroatoms. The monoisotopic (exact) mass is 207 g/mol. The summed E-state index contributed by atoms with van der Waals surface area (Å²) >= 11 is 0. The molecule has 1 amide bonds. The summed E-state index contributed by atoms with van der Waals surface area (Å²) in [5.74, 6) is -0.230. The van der Waals surface area contributed by atoms with Crippen LogP contribution in [0.15, 0.2) is 30.3 Å². The van der Waals surface area contributed by atoms with E-state index in [0.717, 1.165) is 5.56 Å². The van der Waals surface area contributed by atoms with Crippen LogP contribution in [0.3, 0.4) is 0 Å². The highest BCUT2D eigenvalue weighted by molar-refractivity contribution is 5.83.